The highest BCUT2D eigenvalue weighted by Crippen LogP contribution is 2.36. The molecule has 0 spiro atoms. The molecule has 1 aromatic carbocycles. The van der Waals surface area contributed by atoms with Crippen molar-refractivity contribution in [2.45, 2.75) is 26.7 Å². The summed E-state index contributed by atoms with van der Waals surface area (Å²) in [4.78, 5) is 12.2. The van der Waals surface area contributed by atoms with Gasteiger partial charge in [-0.15, -0.1) is 0 Å². The van der Waals surface area contributed by atoms with E-state index < -0.39 is 0 Å². The molecule has 0 radical (unpaired) electrons. The lowest BCUT2D eigenvalue weighted by Gasteiger charge is -2.29. The van der Waals surface area contributed by atoms with Crippen LogP contribution in [0.25, 0.3) is 5.69 Å². The average molecular weight is 353 g/mol. The second-order valence-corrected chi connectivity index (χ2v) is 7.35. The molecule has 0 aliphatic heterocycles. The zero-order valence-corrected chi connectivity index (χ0v) is 13.8. The molecule has 1 aromatic heterocycles. The predicted octanol–water partition coefficient (Wildman–Crippen LogP) is 5.05. The minimum absolute atomic E-state index is 0.0177. The van der Waals surface area contributed by atoms with Crippen LogP contribution in [-0.4, -0.2) is 10.4 Å². The molecule has 0 amide bonds. The van der Waals surface area contributed by atoms with Crippen LogP contribution in [0.3, 0.4) is 0 Å². The largest absolute Gasteiger partial charge is 0.320 e. The van der Waals surface area contributed by atoms with Crippen LogP contribution in [-0.2, 0) is 6.42 Å². The highest BCUT2D eigenvalue weighted by molar-refractivity contribution is 9.10. The number of ketones is 1. The second-order valence-electron chi connectivity index (χ2n) is 6.09. The van der Waals surface area contributed by atoms with Crippen LogP contribution < -0.4 is 0 Å². The monoisotopic (exact) mass is 351 g/mol. The number of Topliss-reactive ketones (excluding diaryl/α,β-unsaturated/α-hetero) is 1. The Balaban J connectivity index is 2.13. The van der Waals surface area contributed by atoms with Crippen LogP contribution >= 0.6 is 27.5 Å². The fourth-order valence-corrected chi connectivity index (χ4v) is 3.31. The van der Waals surface area contributed by atoms with Crippen LogP contribution in [0.4, 0.5) is 0 Å². The minimum atomic E-state index is 0.0177. The highest BCUT2D eigenvalue weighted by Gasteiger charge is 2.33. The summed E-state index contributed by atoms with van der Waals surface area (Å²) in [5.74, 6) is 0.239. The molecule has 0 atom stereocenters. The molecule has 0 N–H and O–H groups in total. The molecule has 0 saturated carbocycles. The minimum Gasteiger partial charge on any atom is -0.320 e. The molecule has 0 bridgehead atoms. The number of fused-ring (bicyclic) bond motifs is 1. The molecular formula is C16H15BrClNO. The maximum Gasteiger partial charge on any atom is 0.165 e. The number of halogens is 2. The first-order chi connectivity index (χ1) is 9.37. The van der Waals surface area contributed by atoms with Crippen LogP contribution in [0.5, 0.6) is 0 Å². The van der Waals surface area contributed by atoms with Gasteiger partial charge < -0.3 is 4.57 Å². The van der Waals surface area contributed by atoms with Gasteiger partial charge in [-0.2, -0.15) is 0 Å². The van der Waals surface area contributed by atoms with Gasteiger partial charge in [-0.05, 0) is 52.0 Å². The number of carbonyl (C=O) groups is 1. The van der Waals surface area contributed by atoms with E-state index in [1.54, 1.807) is 0 Å². The summed E-state index contributed by atoms with van der Waals surface area (Å²) < 4.78 is 2.95. The summed E-state index contributed by atoms with van der Waals surface area (Å²) in [6.07, 6.45) is 3.50. The second kappa shape index (κ2) is 4.74. The number of carbonyl (C=O) groups excluding carboxylic acids is 1. The van der Waals surface area contributed by atoms with Crippen molar-refractivity contribution in [1.29, 1.82) is 0 Å². The van der Waals surface area contributed by atoms with E-state index in [2.05, 4.69) is 34.3 Å². The predicted molar refractivity (Wildman–Crippen MR) is 84.9 cm³/mol. The first-order valence-corrected chi connectivity index (χ1v) is 7.73. The molecule has 0 fully saturated rings. The fourth-order valence-electron chi connectivity index (χ4n) is 2.82. The van der Waals surface area contributed by atoms with E-state index in [0.717, 1.165) is 27.8 Å². The van der Waals surface area contributed by atoms with E-state index in [-0.39, 0.29) is 11.2 Å². The van der Waals surface area contributed by atoms with Gasteiger partial charge in [0.1, 0.15) is 0 Å². The molecule has 20 heavy (non-hydrogen) atoms. The third-order valence-electron chi connectivity index (χ3n) is 3.76. The molecule has 1 heterocycles. The maximum absolute atomic E-state index is 12.2. The number of aromatic nitrogens is 1. The van der Waals surface area contributed by atoms with Gasteiger partial charge in [0.05, 0.1) is 5.02 Å². The van der Waals surface area contributed by atoms with Crippen molar-refractivity contribution in [3.8, 4) is 5.69 Å². The van der Waals surface area contributed by atoms with Crippen LogP contribution in [0.15, 0.2) is 34.9 Å². The zero-order chi connectivity index (χ0) is 14.5. The molecule has 1 aliphatic carbocycles. The Hall–Kier alpha value is -1.06. The van der Waals surface area contributed by atoms with Crippen molar-refractivity contribution in [3.05, 3.63) is 51.2 Å². The van der Waals surface area contributed by atoms with Gasteiger partial charge in [-0.3, -0.25) is 4.79 Å². The number of hydrogen-bond acceptors (Lipinski definition) is 1. The first-order valence-electron chi connectivity index (χ1n) is 6.56. The summed E-state index contributed by atoms with van der Waals surface area (Å²) in [6.45, 7) is 4.28. The summed E-state index contributed by atoms with van der Waals surface area (Å²) in [6, 6.07) is 7.74. The van der Waals surface area contributed by atoms with Crippen LogP contribution in [0, 0.1) is 5.41 Å². The molecule has 3 rings (SSSR count). The van der Waals surface area contributed by atoms with Gasteiger partial charge in [-0.1, -0.05) is 25.4 Å². The average Bonchev–Trinajstić information content (AvgIpc) is 2.75. The van der Waals surface area contributed by atoms with E-state index in [4.69, 9.17) is 11.6 Å². The molecular weight excluding hydrogens is 338 g/mol. The van der Waals surface area contributed by atoms with Crippen LogP contribution in [0.2, 0.25) is 5.02 Å². The van der Waals surface area contributed by atoms with E-state index in [9.17, 15) is 4.79 Å². The normalized spacial score (nSPS) is 17.1. The lowest BCUT2D eigenvalue weighted by atomic mass is 9.76. The molecule has 0 saturated heterocycles. The smallest absolute Gasteiger partial charge is 0.165 e. The summed E-state index contributed by atoms with van der Waals surface area (Å²) >= 11 is 9.49. The quantitative estimate of drug-likeness (QED) is 0.704. The number of nitrogens with zero attached hydrogens (tertiary/aromatic N) is 1. The first kappa shape index (κ1) is 13.9. The van der Waals surface area contributed by atoms with Crippen molar-refractivity contribution in [2.24, 2.45) is 5.41 Å². The summed E-state index contributed by atoms with van der Waals surface area (Å²) in [5, 5.41) is 0.686. The van der Waals surface area contributed by atoms with E-state index in [1.165, 1.54) is 0 Å². The van der Waals surface area contributed by atoms with Crippen molar-refractivity contribution in [1.82, 2.24) is 4.57 Å². The third kappa shape index (κ3) is 2.33. The molecule has 2 aromatic rings. The molecule has 1 aliphatic rings. The lowest BCUT2D eigenvalue weighted by Crippen LogP contribution is -2.27. The van der Waals surface area contributed by atoms with Crippen molar-refractivity contribution in [3.63, 3.8) is 0 Å². The van der Waals surface area contributed by atoms with Gasteiger partial charge in [0.15, 0.2) is 5.78 Å². The topological polar surface area (TPSA) is 22.0 Å². The van der Waals surface area contributed by atoms with Gasteiger partial charge in [0.2, 0.25) is 0 Å². The van der Waals surface area contributed by atoms with Gasteiger partial charge >= 0.3 is 0 Å². The number of hydrogen-bond donors (Lipinski definition) is 0. The van der Waals surface area contributed by atoms with Gasteiger partial charge in [0, 0.05) is 34.0 Å². The number of benzene rings is 1. The Morgan fingerprint density at radius 2 is 2.00 bits per heavy atom. The van der Waals surface area contributed by atoms with Crippen molar-refractivity contribution >= 4 is 33.3 Å². The van der Waals surface area contributed by atoms with E-state index in [0.29, 0.717) is 11.4 Å². The molecule has 0 unspecified atom stereocenters. The lowest BCUT2D eigenvalue weighted by molar-refractivity contribution is 0.0911. The molecule has 104 valence electrons. The highest BCUT2D eigenvalue weighted by atomic mass is 79.9. The van der Waals surface area contributed by atoms with E-state index >= 15 is 0 Å². The van der Waals surface area contributed by atoms with Gasteiger partial charge in [0.25, 0.3) is 0 Å². The Morgan fingerprint density at radius 1 is 1.25 bits per heavy atom. The summed E-state index contributed by atoms with van der Waals surface area (Å²) in [5.41, 5.74) is 2.99. The Kier molecular flexibility index (Phi) is 3.30. The zero-order valence-electron chi connectivity index (χ0n) is 11.4. The fraction of sp³-hybridized carbons (Fsp3) is 0.312. The van der Waals surface area contributed by atoms with Gasteiger partial charge in [-0.25, -0.2) is 0 Å². The molecule has 2 nitrogen and oxygen atoms in total. The Labute approximate surface area is 131 Å². The Bertz CT molecular complexity index is 702. The maximum atomic E-state index is 12.2. The van der Waals surface area contributed by atoms with Crippen molar-refractivity contribution in [2.75, 3.05) is 0 Å². The Morgan fingerprint density at radius 3 is 2.70 bits per heavy atom. The van der Waals surface area contributed by atoms with Crippen LogP contribution in [0.1, 0.15) is 36.3 Å². The third-order valence-corrected chi connectivity index (χ3v) is 4.97. The standard InChI is InChI=1S/C16H15BrClNO/c1-16(2)8-14-11(15(20)9-16)5-6-19(14)10-3-4-13(18)12(17)7-10/h3-7H,8-9H2,1-2H3. The number of rotatable bonds is 1. The SMILES string of the molecule is CC1(C)CC(=O)c2ccn(-c3ccc(Cl)c(Br)c3)c2C1. The van der Waals surface area contributed by atoms with E-state index in [1.807, 2.05) is 30.5 Å². The summed E-state index contributed by atoms with van der Waals surface area (Å²) in [7, 11) is 0. The van der Waals surface area contributed by atoms with Crippen molar-refractivity contribution < 1.29 is 4.79 Å². The molecule has 4 heteroatoms.